The smallest absolute Gasteiger partial charge is 0.00596 e. The van der Waals surface area contributed by atoms with Crippen LogP contribution in [0.1, 0.15) is 36.8 Å². The van der Waals surface area contributed by atoms with Gasteiger partial charge in [0.15, 0.2) is 0 Å². The average Bonchev–Trinajstić information content (AvgIpc) is 2.94. The Kier molecular flexibility index (Phi) is 3.88. The van der Waals surface area contributed by atoms with Crippen LogP contribution in [0.25, 0.3) is 0 Å². The van der Waals surface area contributed by atoms with Gasteiger partial charge in [-0.25, -0.2) is 0 Å². The Hall–Kier alpha value is -1.60. The van der Waals surface area contributed by atoms with Crippen molar-refractivity contribution in [2.24, 2.45) is 0 Å². The summed E-state index contributed by atoms with van der Waals surface area (Å²) in [6, 6.07) is 22.6. The quantitative estimate of drug-likeness (QED) is 0.800. The van der Waals surface area contributed by atoms with E-state index in [4.69, 9.17) is 0 Å². The van der Waals surface area contributed by atoms with Gasteiger partial charge in [0, 0.05) is 31.0 Å². The zero-order valence-corrected chi connectivity index (χ0v) is 12.4. The maximum absolute atomic E-state index is 2.61. The van der Waals surface area contributed by atoms with Crippen molar-refractivity contribution in [2.75, 3.05) is 13.1 Å². The van der Waals surface area contributed by atoms with E-state index in [1.807, 2.05) is 0 Å². The highest BCUT2D eigenvalue weighted by atomic mass is 15.2. The minimum Gasteiger partial charge on any atom is -0.300 e. The van der Waals surface area contributed by atoms with Crippen LogP contribution in [0.15, 0.2) is 60.7 Å². The van der Waals surface area contributed by atoms with Gasteiger partial charge in [-0.15, -0.1) is 0 Å². The second-order valence-electron chi connectivity index (χ2n) is 6.08. The van der Waals surface area contributed by atoms with Crippen LogP contribution >= 0.6 is 0 Å². The third-order valence-electron chi connectivity index (χ3n) is 4.53. The van der Waals surface area contributed by atoms with Crippen LogP contribution in [-0.2, 0) is 0 Å². The Bertz CT molecular complexity index is 485. The lowest BCUT2D eigenvalue weighted by molar-refractivity contribution is 0.270. The van der Waals surface area contributed by atoms with Gasteiger partial charge in [0.1, 0.15) is 0 Å². The van der Waals surface area contributed by atoms with Gasteiger partial charge in [-0.2, -0.15) is 0 Å². The van der Waals surface area contributed by atoms with Crippen molar-refractivity contribution < 1.29 is 0 Å². The standard InChI is InChI=1S/C19H23N/c1-15(2)20-13-18(16-9-5-3-6-10-16)19(14-20)17-11-7-4-8-12-17/h3-12,15,18-19H,13-14H2,1-2H3/t18-,19-/m0/s1. The van der Waals surface area contributed by atoms with Crippen LogP contribution in [-0.4, -0.2) is 24.0 Å². The van der Waals surface area contributed by atoms with Gasteiger partial charge in [0.2, 0.25) is 0 Å². The third-order valence-corrected chi connectivity index (χ3v) is 4.53. The predicted molar refractivity (Wildman–Crippen MR) is 85.1 cm³/mol. The predicted octanol–water partition coefficient (Wildman–Crippen LogP) is 4.28. The summed E-state index contributed by atoms with van der Waals surface area (Å²) >= 11 is 0. The summed E-state index contributed by atoms with van der Waals surface area (Å²) in [5.74, 6) is 1.22. The lowest BCUT2D eigenvalue weighted by Crippen LogP contribution is -2.28. The Balaban J connectivity index is 1.93. The van der Waals surface area contributed by atoms with Gasteiger partial charge >= 0.3 is 0 Å². The van der Waals surface area contributed by atoms with E-state index in [-0.39, 0.29) is 0 Å². The third kappa shape index (κ3) is 2.64. The fraction of sp³-hybridized carbons (Fsp3) is 0.368. The second kappa shape index (κ2) is 5.80. The van der Waals surface area contributed by atoms with Crippen LogP contribution in [0.2, 0.25) is 0 Å². The molecule has 3 rings (SSSR count). The average molecular weight is 265 g/mol. The molecule has 1 fully saturated rings. The van der Waals surface area contributed by atoms with E-state index in [9.17, 15) is 0 Å². The highest BCUT2D eigenvalue weighted by Gasteiger charge is 2.35. The molecule has 0 amide bonds. The zero-order chi connectivity index (χ0) is 13.9. The molecule has 1 heterocycles. The molecule has 0 radical (unpaired) electrons. The monoisotopic (exact) mass is 265 g/mol. The number of likely N-dealkylation sites (tertiary alicyclic amines) is 1. The molecule has 0 unspecified atom stereocenters. The molecule has 20 heavy (non-hydrogen) atoms. The molecule has 0 aromatic heterocycles. The van der Waals surface area contributed by atoms with Crippen molar-refractivity contribution in [2.45, 2.75) is 31.7 Å². The summed E-state index contributed by atoms with van der Waals surface area (Å²) in [6.45, 7) is 6.94. The molecule has 2 aromatic carbocycles. The van der Waals surface area contributed by atoms with Gasteiger partial charge in [-0.3, -0.25) is 4.90 Å². The summed E-state index contributed by atoms with van der Waals surface area (Å²) in [7, 11) is 0. The normalized spacial score (nSPS) is 23.4. The van der Waals surface area contributed by atoms with Crippen molar-refractivity contribution >= 4 is 0 Å². The first-order valence-electron chi connectivity index (χ1n) is 7.59. The van der Waals surface area contributed by atoms with Gasteiger partial charge in [-0.05, 0) is 25.0 Å². The van der Waals surface area contributed by atoms with E-state index < -0.39 is 0 Å². The molecule has 0 bridgehead atoms. The fourth-order valence-electron chi connectivity index (χ4n) is 3.33. The van der Waals surface area contributed by atoms with Gasteiger partial charge in [0.25, 0.3) is 0 Å². The largest absolute Gasteiger partial charge is 0.300 e. The topological polar surface area (TPSA) is 3.24 Å². The van der Waals surface area contributed by atoms with Crippen molar-refractivity contribution in [1.29, 1.82) is 0 Å². The summed E-state index contributed by atoms with van der Waals surface area (Å²) < 4.78 is 0. The molecule has 104 valence electrons. The summed E-state index contributed by atoms with van der Waals surface area (Å²) in [4.78, 5) is 2.61. The van der Waals surface area contributed by atoms with Crippen molar-refractivity contribution in [3.05, 3.63) is 71.8 Å². The fourth-order valence-corrected chi connectivity index (χ4v) is 3.33. The van der Waals surface area contributed by atoms with Crippen LogP contribution in [0, 0.1) is 0 Å². The van der Waals surface area contributed by atoms with Crippen LogP contribution < -0.4 is 0 Å². The maximum Gasteiger partial charge on any atom is 0.00596 e. The van der Waals surface area contributed by atoms with Gasteiger partial charge in [-0.1, -0.05) is 60.7 Å². The highest BCUT2D eigenvalue weighted by molar-refractivity contribution is 5.31. The Labute approximate surface area is 122 Å². The van der Waals surface area contributed by atoms with Crippen molar-refractivity contribution in [3.63, 3.8) is 0 Å². The molecule has 1 nitrogen and oxygen atoms in total. The molecule has 2 aromatic rings. The molecule has 2 atom stereocenters. The Morgan fingerprint density at radius 1 is 0.750 bits per heavy atom. The number of nitrogens with zero attached hydrogens (tertiary/aromatic N) is 1. The molecule has 0 aliphatic carbocycles. The summed E-state index contributed by atoms with van der Waals surface area (Å²) in [6.07, 6.45) is 0. The summed E-state index contributed by atoms with van der Waals surface area (Å²) in [5.41, 5.74) is 2.95. The number of hydrogen-bond acceptors (Lipinski definition) is 1. The Morgan fingerprint density at radius 3 is 1.50 bits per heavy atom. The molecule has 0 spiro atoms. The SMILES string of the molecule is CC(C)N1C[C@@H](c2ccccc2)[C@H](c2ccccc2)C1. The minimum atomic E-state index is 0.612. The summed E-state index contributed by atoms with van der Waals surface area (Å²) in [5, 5.41) is 0. The van der Waals surface area contributed by atoms with Gasteiger partial charge < -0.3 is 0 Å². The first kappa shape index (κ1) is 13.4. The number of benzene rings is 2. The Morgan fingerprint density at radius 2 is 1.15 bits per heavy atom. The highest BCUT2D eigenvalue weighted by Crippen LogP contribution is 2.40. The van der Waals surface area contributed by atoms with E-state index in [2.05, 4.69) is 79.4 Å². The first-order chi connectivity index (χ1) is 9.75. The zero-order valence-electron chi connectivity index (χ0n) is 12.4. The van der Waals surface area contributed by atoms with Crippen LogP contribution in [0.5, 0.6) is 0 Å². The molecular weight excluding hydrogens is 242 g/mol. The van der Waals surface area contributed by atoms with Crippen LogP contribution in [0.3, 0.4) is 0 Å². The van der Waals surface area contributed by atoms with Gasteiger partial charge in [0.05, 0.1) is 0 Å². The van der Waals surface area contributed by atoms with E-state index in [1.54, 1.807) is 0 Å². The van der Waals surface area contributed by atoms with Crippen molar-refractivity contribution in [1.82, 2.24) is 4.90 Å². The molecule has 1 aliphatic heterocycles. The van der Waals surface area contributed by atoms with E-state index >= 15 is 0 Å². The van der Waals surface area contributed by atoms with Crippen LogP contribution in [0.4, 0.5) is 0 Å². The first-order valence-corrected chi connectivity index (χ1v) is 7.59. The molecule has 0 N–H and O–H groups in total. The van der Waals surface area contributed by atoms with E-state index in [1.165, 1.54) is 24.2 Å². The minimum absolute atomic E-state index is 0.612. The van der Waals surface area contributed by atoms with E-state index in [0.29, 0.717) is 17.9 Å². The van der Waals surface area contributed by atoms with Crippen molar-refractivity contribution in [3.8, 4) is 0 Å². The maximum atomic E-state index is 2.61. The lowest BCUT2D eigenvalue weighted by Gasteiger charge is -2.20. The molecular formula is C19H23N. The molecule has 1 aliphatic rings. The lowest BCUT2D eigenvalue weighted by atomic mass is 9.84. The van der Waals surface area contributed by atoms with E-state index in [0.717, 1.165) is 0 Å². The second-order valence-corrected chi connectivity index (χ2v) is 6.08. The molecule has 0 saturated carbocycles. The molecule has 1 saturated heterocycles. The number of hydrogen-bond donors (Lipinski definition) is 0. The number of rotatable bonds is 3. The molecule has 1 heteroatoms.